The molecule has 0 fully saturated rings. The fourth-order valence-corrected chi connectivity index (χ4v) is 6.59. The topological polar surface area (TPSA) is 118 Å². The van der Waals surface area contributed by atoms with Gasteiger partial charge in [-0.1, -0.05) is 13.8 Å². The molecule has 1 atom stereocenters. The Hall–Kier alpha value is -0.390. The number of fused-ring (bicyclic) bond motifs is 1. The second-order valence-electron chi connectivity index (χ2n) is 5.75. The smallest absolute Gasteiger partial charge is 0.247 e. The van der Waals surface area contributed by atoms with Crippen LogP contribution in [0, 0.1) is 5.92 Å². The molecular weight excluding hydrogens is 382 g/mol. The van der Waals surface area contributed by atoms with E-state index in [0.29, 0.717) is 35.9 Å². The highest BCUT2D eigenvalue weighted by atomic mass is 35.5. The summed E-state index contributed by atoms with van der Waals surface area (Å²) in [5.74, 6) is 0.502. The molecule has 11 heteroatoms. The molecule has 7 nitrogen and oxygen atoms in total. The molecule has 1 unspecified atom stereocenters. The standard InChI is InChI=1S/C12H21N3O4S3.ClH/c1-8(2)6-14-4-3-9-7-15-10-5-11(22(13,18)19)20-12(10)21(9,16)17;/h5,8-9,14-15H,3-4,6-7H2,1-2H3,(H2,13,18,19);1H. The third-order valence-electron chi connectivity index (χ3n) is 3.37. The predicted octanol–water partition coefficient (Wildman–Crippen LogP) is 1.02. The first kappa shape index (κ1) is 20.7. The molecule has 0 aliphatic carbocycles. The number of hydrogen-bond donors (Lipinski definition) is 3. The highest BCUT2D eigenvalue weighted by molar-refractivity contribution is 7.95. The number of rotatable bonds is 6. The zero-order valence-electron chi connectivity index (χ0n) is 12.9. The van der Waals surface area contributed by atoms with E-state index < -0.39 is 25.1 Å². The monoisotopic (exact) mass is 403 g/mol. The summed E-state index contributed by atoms with van der Waals surface area (Å²) in [6.45, 7) is 5.88. The van der Waals surface area contributed by atoms with Crippen molar-refractivity contribution in [2.75, 3.05) is 25.0 Å². The van der Waals surface area contributed by atoms with Gasteiger partial charge in [-0.2, -0.15) is 0 Å². The lowest BCUT2D eigenvalue weighted by Crippen LogP contribution is -2.36. The average molecular weight is 404 g/mol. The molecule has 1 aromatic heterocycles. The van der Waals surface area contributed by atoms with Crippen LogP contribution in [0.25, 0.3) is 0 Å². The number of sulfone groups is 1. The Kier molecular flexibility index (Phi) is 6.88. The molecule has 0 bridgehead atoms. The summed E-state index contributed by atoms with van der Waals surface area (Å²) in [4.78, 5) is 0. The van der Waals surface area contributed by atoms with E-state index in [1.165, 1.54) is 6.07 Å². The highest BCUT2D eigenvalue weighted by Gasteiger charge is 2.36. The number of halogens is 1. The molecule has 0 saturated carbocycles. The van der Waals surface area contributed by atoms with Gasteiger partial charge in [0.1, 0.15) is 8.42 Å². The Bertz CT molecular complexity index is 744. The van der Waals surface area contributed by atoms with Gasteiger partial charge in [0.05, 0.1) is 10.9 Å². The van der Waals surface area contributed by atoms with Crippen molar-refractivity contribution in [2.24, 2.45) is 11.1 Å². The van der Waals surface area contributed by atoms with Gasteiger partial charge >= 0.3 is 0 Å². The van der Waals surface area contributed by atoms with E-state index in [1.54, 1.807) is 0 Å². The van der Waals surface area contributed by atoms with Crippen molar-refractivity contribution < 1.29 is 16.8 Å². The molecule has 134 valence electrons. The first-order valence-corrected chi connectivity index (χ1v) is 10.9. The van der Waals surface area contributed by atoms with Gasteiger partial charge in [-0.15, -0.1) is 23.7 Å². The second-order valence-corrected chi connectivity index (χ2v) is 11.0. The van der Waals surface area contributed by atoms with Crippen LogP contribution in [-0.4, -0.2) is 41.7 Å². The van der Waals surface area contributed by atoms with E-state index >= 15 is 0 Å². The summed E-state index contributed by atoms with van der Waals surface area (Å²) in [6.07, 6.45) is 0.476. The van der Waals surface area contributed by atoms with Gasteiger partial charge in [-0.25, -0.2) is 22.0 Å². The summed E-state index contributed by atoms with van der Waals surface area (Å²) < 4.78 is 47.8. The molecule has 0 saturated heterocycles. The van der Waals surface area contributed by atoms with E-state index in [1.807, 2.05) is 0 Å². The Morgan fingerprint density at radius 2 is 2.13 bits per heavy atom. The molecule has 0 radical (unpaired) electrons. The van der Waals surface area contributed by atoms with Gasteiger partial charge in [0.25, 0.3) is 0 Å². The Morgan fingerprint density at radius 3 is 2.70 bits per heavy atom. The molecule has 0 aromatic carbocycles. The molecule has 2 heterocycles. The van der Waals surface area contributed by atoms with Gasteiger partial charge in [-0.3, -0.25) is 0 Å². The van der Waals surface area contributed by atoms with Crippen LogP contribution in [0.3, 0.4) is 0 Å². The molecule has 23 heavy (non-hydrogen) atoms. The number of primary sulfonamides is 1. The minimum atomic E-state index is -3.89. The second kappa shape index (κ2) is 7.66. The summed E-state index contributed by atoms with van der Waals surface area (Å²) in [5.41, 5.74) is 0.334. The zero-order chi connectivity index (χ0) is 16.5. The van der Waals surface area contributed by atoms with Crippen molar-refractivity contribution in [3.8, 4) is 0 Å². The van der Waals surface area contributed by atoms with Crippen LogP contribution in [0.2, 0.25) is 0 Å². The Balaban J connectivity index is 0.00000264. The summed E-state index contributed by atoms with van der Waals surface area (Å²) in [6, 6.07) is 1.29. The van der Waals surface area contributed by atoms with Crippen molar-refractivity contribution in [3.05, 3.63) is 6.07 Å². The Morgan fingerprint density at radius 1 is 1.48 bits per heavy atom. The molecular formula is C12H22ClN3O4S3. The lowest BCUT2D eigenvalue weighted by molar-refractivity contribution is 0.527. The largest absolute Gasteiger partial charge is 0.382 e. The van der Waals surface area contributed by atoms with Crippen LogP contribution in [0.1, 0.15) is 20.3 Å². The third-order valence-corrected chi connectivity index (χ3v) is 8.68. The Labute approximate surface area is 147 Å². The molecule has 1 aliphatic rings. The molecule has 4 N–H and O–H groups in total. The van der Waals surface area contributed by atoms with E-state index in [-0.39, 0.29) is 27.4 Å². The minimum absolute atomic E-state index is 0. The van der Waals surface area contributed by atoms with E-state index in [4.69, 9.17) is 5.14 Å². The van der Waals surface area contributed by atoms with Crippen LogP contribution >= 0.6 is 23.7 Å². The van der Waals surface area contributed by atoms with E-state index in [2.05, 4.69) is 24.5 Å². The van der Waals surface area contributed by atoms with Crippen molar-refractivity contribution in [1.29, 1.82) is 0 Å². The van der Waals surface area contributed by atoms with E-state index in [9.17, 15) is 16.8 Å². The van der Waals surface area contributed by atoms with E-state index in [0.717, 1.165) is 6.54 Å². The molecule has 2 rings (SSSR count). The summed E-state index contributed by atoms with van der Waals surface area (Å²) in [7, 11) is -7.42. The zero-order valence-corrected chi connectivity index (χ0v) is 16.2. The van der Waals surface area contributed by atoms with Crippen molar-refractivity contribution in [2.45, 2.75) is 33.9 Å². The number of nitrogens with one attached hydrogen (secondary N) is 2. The number of hydrogen-bond acceptors (Lipinski definition) is 7. The first-order valence-electron chi connectivity index (χ1n) is 6.97. The average Bonchev–Trinajstić information content (AvgIpc) is 2.81. The van der Waals surface area contributed by atoms with Crippen molar-refractivity contribution in [3.63, 3.8) is 0 Å². The fourth-order valence-electron chi connectivity index (χ4n) is 2.22. The molecule has 1 aromatic rings. The number of sulfonamides is 1. The number of thiophene rings is 1. The lowest BCUT2D eigenvalue weighted by Gasteiger charge is -2.24. The number of nitrogens with two attached hydrogens (primary N) is 1. The summed E-state index contributed by atoms with van der Waals surface area (Å²) >= 11 is 0.713. The van der Waals surface area contributed by atoms with Crippen molar-refractivity contribution >= 4 is 49.3 Å². The van der Waals surface area contributed by atoms with Crippen LogP contribution in [0.15, 0.2) is 14.5 Å². The first-order chi connectivity index (χ1) is 10.1. The van der Waals surface area contributed by atoms with Crippen molar-refractivity contribution in [1.82, 2.24) is 5.32 Å². The van der Waals surface area contributed by atoms with Gasteiger partial charge in [0.15, 0.2) is 9.84 Å². The minimum Gasteiger partial charge on any atom is -0.382 e. The van der Waals surface area contributed by atoms with Gasteiger partial charge in [0, 0.05) is 6.54 Å². The normalized spacial score (nSPS) is 19.7. The quantitative estimate of drug-likeness (QED) is 0.610. The fraction of sp³-hybridized carbons (Fsp3) is 0.667. The van der Waals surface area contributed by atoms with Gasteiger partial charge in [-0.05, 0) is 31.5 Å². The van der Waals surface area contributed by atoms with Crippen LogP contribution in [0.4, 0.5) is 5.69 Å². The lowest BCUT2D eigenvalue weighted by atomic mass is 10.2. The maximum atomic E-state index is 12.6. The molecule has 1 aliphatic heterocycles. The summed E-state index contributed by atoms with van der Waals surface area (Å²) in [5, 5.41) is 10.7. The van der Waals surface area contributed by atoms with Crippen LogP contribution in [0.5, 0.6) is 0 Å². The third kappa shape index (κ3) is 4.80. The number of anilines is 1. The van der Waals surface area contributed by atoms with Crippen LogP contribution in [-0.2, 0) is 19.9 Å². The van der Waals surface area contributed by atoms with Crippen LogP contribution < -0.4 is 15.8 Å². The highest BCUT2D eigenvalue weighted by Crippen LogP contribution is 2.39. The predicted molar refractivity (Wildman–Crippen MR) is 94.7 cm³/mol. The maximum Gasteiger partial charge on any atom is 0.247 e. The van der Waals surface area contributed by atoms with Gasteiger partial charge in [0.2, 0.25) is 10.0 Å². The SMILES string of the molecule is CC(C)CNCCC1CNc2cc(S(N)(=O)=O)sc2S1(=O)=O.Cl. The maximum absolute atomic E-state index is 12.6. The van der Waals surface area contributed by atoms with Gasteiger partial charge < -0.3 is 10.6 Å². The molecule has 0 amide bonds. The molecule has 0 spiro atoms.